The van der Waals surface area contributed by atoms with E-state index >= 15 is 0 Å². The summed E-state index contributed by atoms with van der Waals surface area (Å²) in [5, 5.41) is 13.2. The number of carbonyl (C=O) groups is 2. The molecule has 1 saturated heterocycles. The number of rotatable bonds is 10. The van der Waals surface area contributed by atoms with Crippen molar-refractivity contribution in [2.24, 2.45) is 7.05 Å². The fourth-order valence-electron chi connectivity index (χ4n) is 5.11. The van der Waals surface area contributed by atoms with Crippen molar-refractivity contribution >= 4 is 28.6 Å². The van der Waals surface area contributed by atoms with Gasteiger partial charge in [0, 0.05) is 56.1 Å². The molecular formula is C33H35N3O4. The maximum absolute atomic E-state index is 13.0. The lowest BCUT2D eigenvalue weighted by Gasteiger charge is -2.32. The standard InChI is InChI=1S/C33H35N3O4/c1-35-17-3-4-29(35)32(39)21-24-7-12-27(13-8-24)34-26-10-5-23(6-11-26)20-31(38)25-9-14-30(33(22-25)40-2)36-18-15-28(37)16-19-36/h3-14,17,22,28,34,37H,15-16,18-21H2,1-2H3. The number of ether oxygens (including phenoxy) is 1. The summed E-state index contributed by atoms with van der Waals surface area (Å²) in [7, 11) is 3.50. The number of aromatic nitrogens is 1. The zero-order valence-electron chi connectivity index (χ0n) is 23.0. The Kier molecular flexibility index (Phi) is 8.31. The van der Waals surface area contributed by atoms with E-state index in [9.17, 15) is 14.7 Å². The van der Waals surface area contributed by atoms with Gasteiger partial charge in [-0.2, -0.15) is 0 Å². The second-order valence-corrected chi connectivity index (χ2v) is 10.3. The summed E-state index contributed by atoms with van der Waals surface area (Å²) < 4.78 is 7.44. The van der Waals surface area contributed by atoms with Crippen LogP contribution < -0.4 is 15.0 Å². The molecule has 1 aliphatic rings. The summed E-state index contributed by atoms with van der Waals surface area (Å²) in [6, 6.07) is 25.0. The molecule has 0 radical (unpaired) electrons. The molecule has 5 rings (SSSR count). The lowest BCUT2D eigenvalue weighted by molar-refractivity contribution is 0.0980. The van der Waals surface area contributed by atoms with Crippen LogP contribution in [0.5, 0.6) is 5.75 Å². The first kappa shape index (κ1) is 27.2. The molecule has 2 heterocycles. The number of aliphatic hydroxyl groups excluding tert-OH is 1. The zero-order valence-corrected chi connectivity index (χ0v) is 23.0. The first-order valence-corrected chi connectivity index (χ1v) is 13.6. The minimum Gasteiger partial charge on any atom is -0.495 e. The molecule has 4 aromatic rings. The highest BCUT2D eigenvalue weighted by Gasteiger charge is 2.21. The maximum Gasteiger partial charge on any atom is 0.183 e. The number of anilines is 3. The van der Waals surface area contributed by atoms with E-state index in [0.717, 1.165) is 54.1 Å². The molecule has 0 bridgehead atoms. The minimum atomic E-state index is -0.243. The van der Waals surface area contributed by atoms with Gasteiger partial charge in [0.15, 0.2) is 11.6 Å². The van der Waals surface area contributed by atoms with E-state index < -0.39 is 0 Å². The van der Waals surface area contributed by atoms with Gasteiger partial charge in [0.05, 0.1) is 24.6 Å². The third-order valence-corrected chi connectivity index (χ3v) is 7.46. The molecule has 0 saturated carbocycles. The van der Waals surface area contributed by atoms with E-state index in [0.29, 0.717) is 29.8 Å². The molecule has 206 valence electrons. The Bertz CT molecular complexity index is 1470. The number of nitrogens with zero attached hydrogens (tertiary/aromatic N) is 2. The molecule has 1 aromatic heterocycles. The first-order valence-electron chi connectivity index (χ1n) is 13.6. The van der Waals surface area contributed by atoms with Crippen LogP contribution in [0.3, 0.4) is 0 Å². The van der Waals surface area contributed by atoms with Gasteiger partial charge in [-0.25, -0.2) is 0 Å². The average Bonchev–Trinajstić information content (AvgIpc) is 3.41. The molecular weight excluding hydrogens is 502 g/mol. The van der Waals surface area contributed by atoms with E-state index in [1.807, 2.05) is 96.7 Å². The summed E-state index contributed by atoms with van der Waals surface area (Å²) in [6.45, 7) is 1.53. The highest BCUT2D eigenvalue weighted by molar-refractivity contribution is 5.98. The highest BCUT2D eigenvalue weighted by atomic mass is 16.5. The molecule has 0 aliphatic carbocycles. The van der Waals surface area contributed by atoms with Crippen molar-refractivity contribution in [3.8, 4) is 5.75 Å². The van der Waals surface area contributed by atoms with Crippen LogP contribution in [0.4, 0.5) is 17.1 Å². The van der Waals surface area contributed by atoms with Gasteiger partial charge in [-0.3, -0.25) is 9.59 Å². The summed E-state index contributed by atoms with van der Waals surface area (Å²) in [5.74, 6) is 0.799. The second kappa shape index (κ2) is 12.2. The maximum atomic E-state index is 13.0. The minimum absolute atomic E-state index is 0.0279. The van der Waals surface area contributed by atoms with Gasteiger partial charge < -0.3 is 24.6 Å². The summed E-state index contributed by atoms with van der Waals surface area (Å²) in [6.07, 6.45) is 3.75. The fourth-order valence-corrected chi connectivity index (χ4v) is 5.11. The van der Waals surface area contributed by atoms with Crippen LogP contribution in [0.1, 0.15) is 44.8 Å². The second-order valence-electron chi connectivity index (χ2n) is 10.3. The lowest BCUT2D eigenvalue weighted by atomic mass is 10.0. The number of hydrogen-bond donors (Lipinski definition) is 2. The average molecular weight is 538 g/mol. The Balaban J connectivity index is 1.17. The van der Waals surface area contributed by atoms with E-state index in [2.05, 4.69) is 10.2 Å². The summed E-state index contributed by atoms with van der Waals surface area (Å²) >= 11 is 0. The monoisotopic (exact) mass is 537 g/mol. The molecule has 1 fully saturated rings. The number of carbonyl (C=O) groups excluding carboxylic acids is 2. The molecule has 3 aromatic carbocycles. The number of benzene rings is 3. The number of aryl methyl sites for hydroxylation is 1. The molecule has 1 aliphatic heterocycles. The van der Waals surface area contributed by atoms with Crippen LogP contribution >= 0.6 is 0 Å². The van der Waals surface area contributed by atoms with Crippen molar-refractivity contribution in [3.63, 3.8) is 0 Å². The van der Waals surface area contributed by atoms with E-state index in [1.54, 1.807) is 7.11 Å². The molecule has 0 amide bonds. The molecule has 7 nitrogen and oxygen atoms in total. The third-order valence-electron chi connectivity index (χ3n) is 7.46. The van der Waals surface area contributed by atoms with Crippen molar-refractivity contribution in [2.75, 3.05) is 30.4 Å². The number of aliphatic hydroxyl groups is 1. The van der Waals surface area contributed by atoms with Gasteiger partial charge in [-0.05, 0) is 78.6 Å². The van der Waals surface area contributed by atoms with Crippen molar-refractivity contribution in [1.82, 2.24) is 4.57 Å². The Morgan fingerprint density at radius 1 is 0.875 bits per heavy atom. The fraction of sp³-hybridized carbons (Fsp3) is 0.273. The normalized spacial score (nSPS) is 13.7. The van der Waals surface area contributed by atoms with Crippen molar-refractivity contribution in [1.29, 1.82) is 0 Å². The van der Waals surface area contributed by atoms with E-state index in [1.165, 1.54) is 0 Å². The Morgan fingerprint density at radius 2 is 1.48 bits per heavy atom. The number of piperidine rings is 1. The van der Waals surface area contributed by atoms with Gasteiger partial charge in [-0.1, -0.05) is 24.3 Å². The van der Waals surface area contributed by atoms with Crippen LogP contribution in [0.25, 0.3) is 0 Å². The van der Waals surface area contributed by atoms with Crippen molar-refractivity contribution in [2.45, 2.75) is 31.8 Å². The van der Waals surface area contributed by atoms with Crippen LogP contribution in [0.15, 0.2) is 85.1 Å². The molecule has 0 atom stereocenters. The Morgan fingerprint density at radius 3 is 2.02 bits per heavy atom. The van der Waals surface area contributed by atoms with Crippen LogP contribution in [-0.4, -0.2) is 47.5 Å². The Labute approximate surface area is 235 Å². The molecule has 0 spiro atoms. The summed E-state index contributed by atoms with van der Waals surface area (Å²) in [4.78, 5) is 27.8. The predicted molar refractivity (Wildman–Crippen MR) is 158 cm³/mol. The van der Waals surface area contributed by atoms with Crippen molar-refractivity contribution < 1.29 is 19.4 Å². The van der Waals surface area contributed by atoms with E-state index in [-0.39, 0.29) is 17.7 Å². The summed E-state index contributed by atoms with van der Waals surface area (Å²) in [5.41, 5.74) is 6.01. The number of hydrogen-bond acceptors (Lipinski definition) is 6. The van der Waals surface area contributed by atoms with Gasteiger partial charge in [-0.15, -0.1) is 0 Å². The quantitative estimate of drug-likeness (QED) is 0.257. The Hall–Kier alpha value is -4.36. The molecule has 2 N–H and O–H groups in total. The van der Waals surface area contributed by atoms with Crippen LogP contribution in [-0.2, 0) is 19.9 Å². The van der Waals surface area contributed by atoms with Crippen molar-refractivity contribution in [3.05, 3.63) is 107 Å². The smallest absolute Gasteiger partial charge is 0.183 e. The highest BCUT2D eigenvalue weighted by Crippen LogP contribution is 2.32. The van der Waals surface area contributed by atoms with Crippen LogP contribution in [0.2, 0.25) is 0 Å². The van der Waals surface area contributed by atoms with E-state index in [4.69, 9.17) is 4.74 Å². The molecule has 7 heteroatoms. The topological polar surface area (TPSA) is 83.8 Å². The zero-order chi connectivity index (χ0) is 28.1. The number of Topliss-reactive ketones (excluding diaryl/α,β-unsaturated/α-hetero) is 2. The largest absolute Gasteiger partial charge is 0.495 e. The van der Waals surface area contributed by atoms with Crippen LogP contribution in [0, 0.1) is 0 Å². The SMILES string of the molecule is COc1cc(C(=O)Cc2ccc(Nc3ccc(CC(=O)c4cccn4C)cc3)cc2)ccc1N1CCC(O)CC1. The number of ketones is 2. The first-order chi connectivity index (χ1) is 19.4. The van der Waals surface area contributed by atoms with Gasteiger partial charge in [0.1, 0.15) is 5.75 Å². The van der Waals surface area contributed by atoms with Gasteiger partial charge >= 0.3 is 0 Å². The predicted octanol–water partition coefficient (Wildman–Crippen LogP) is 5.59. The number of nitrogens with one attached hydrogen (secondary N) is 1. The third kappa shape index (κ3) is 6.43. The molecule has 40 heavy (non-hydrogen) atoms. The van der Waals surface area contributed by atoms with Gasteiger partial charge in [0.25, 0.3) is 0 Å². The lowest BCUT2D eigenvalue weighted by Crippen LogP contribution is -2.36. The molecule has 0 unspecified atom stereocenters. The van der Waals surface area contributed by atoms with Gasteiger partial charge in [0.2, 0.25) is 0 Å². The number of methoxy groups -OCH3 is 1.